The van der Waals surface area contributed by atoms with Gasteiger partial charge in [0, 0.05) is 23.6 Å². The lowest BCUT2D eigenvalue weighted by atomic mass is 10.0. The van der Waals surface area contributed by atoms with E-state index in [1.807, 2.05) is 18.2 Å². The predicted octanol–water partition coefficient (Wildman–Crippen LogP) is 4.32. The highest BCUT2D eigenvalue weighted by Gasteiger charge is 2.26. The Hall–Kier alpha value is -3.72. The van der Waals surface area contributed by atoms with E-state index in [0.29, 0.717) is 11.0 Å². The number of carbonyl (C=O) groups is 2. The van der Waals surface area contributed by atoms with E-state index >= 15 is 0 Å². The van der Waals surface area contributed by atoms with E-state index < -0.39 is 12.0 Å². The number of allylic oxidation sites excluding steroid dienone is 1. The molecule has 0 spiro atoms. The molecule has 3 aromatic rings. The predicted molar refractivity (Wildman–Crippen MR) is 118 cm³/mol. The van der Waals surface area contributed by atoms with Crippen molar-refractivity contribution >= 4 is 41.1 Å². The molecule has 0 fully saturated rings. The van der Waals surface area contributed by atoms with Gasteiger partial charge in [0.2, 0.25) is 11.9 Å². The van der Waals surface area contributed by atoms with E-state index in [0.717, 1.165) is 16.8 Å². The Morgan fingerprint density at radius 1 is 1.12 bits per heavy atom. The molecule has 3 N–H and O–H groups in total. The molecule has 0 unspecified atom stereocenters. The van der Waals surface area contributed by atoms with Crippen molar-refractivity contribution in [2.45, 2.75) is 25.3 Å². The summed E-state index contributed by atoms with van der Waals surface area (Å²) >= 11 is 6.00. The number of rotatable bonds is 7. The first kappa shape index (κ1) is 21.5. The van der Waals surface area contributed by atoms with Gasteiger partial charge in [-0.3, -0.25) is 14.9 Å². The third-order valence-electron chi connectivity index (χ3n) is 4.88. The van der Waals surface area contributed by atoms with E-state index in [9.17, 15) is 14.0 Å². The van der Waals surface area contributed by atoms with Gasteiger partial charge in [0.1, 0.15) is 11.9 Å². The standard InChI is InChI=1S/C22H19ClFN5O3/c23-15-8-4-13(5-9-15)17-12-18(14-6-10-16(24)11-7-14)29-22(25-17)27-21(28-29)26-19(30)2-1-3-20(31)32/h4-12,18H,1-3H2,(H,31,32)(H2,25,26,27,28,30)/t18-/m1/s1. The topological polar surface area (TPSA) is 109 Å². The van der Waals surface area contributed by atoms with Crippen LogP contribution in [-0.4, -0.2) is 31.7 Å². The smallest absolute Gasteiger partial charge is 0.303 e. The Bertz CT molecular complexity index is 1180. The molecule has 0 radical (unpaired) electrons. The number of aliphatic carboxylic acids is 1. The van der Waals surface area contributed by atoms with Gasteiger partial charge in [-0.2, -0.15) is 4.98 Å². The van der Waals surface area contributed by atoms with Crippen molar-refractivity contribution in [2.75, 3.05) is 10.6 Å². The second-order valence-electron chi connectivity index (χ2n) is 7.21. The Balaban J connectivity index is 1.62. The molecular formula is C22H19ClFN5O3. The number of aromatic nitrogens is 3. The van der Waals surface area contributed by atoms with Crippen molar-refractivity contribution in [3.05, 3.63) is 76.6 Å². The van der Waals surface area contributed by atoms with Crippen LogP contribution >= 0.6 is 11.6 Å². The van der Waals surface area contributed by atoms with Crippen LogP contribution in [0.25, 0.3) is 5.70 Å². The van der Waals surface area contributed by atoms with Crippen LogP contribution in [-0.2, 0) is 9.59 Å². The van der Waals surface area contributed by atoms with Crippen LogP contribution in [0.15, 0.2) is 54.6 Å². The molecule has 1 aliphatic rings. The van der Waals surface area contributed by atoms with E-state index in [4.69, 9.17) is 16.7 Å². The molecule has 2 heterocycles. The van der Waals surface area contributed by atoms with E-state index in [2.05, 4.69) is 20.7 Å². The highest BCUT2D eigenvalue weighted by atomic mass is 35.5. The molecular weight excluding hydrogens is 437 g/mol. The van der Waals surface area contributed by atoms with Crippen molar-refractivity contribution in [1.82, 2.24) is 14.8 Å². The van der Waals surface area contributed by atoms with Crippen LogP contribution in [0.4, 0.5) is 16.3 Å². The number of halogens is 2. The lowest BCUT2D eigenvalue weighted by molar-refractivity contribution is -0.137. The first-order valence-electron chi connectivity index (χ1n) is 9.87. The lowest BCUT2D eigenvalue weighted by Gasteiger charge is -2.24. The van der Waals surface area contributed by atoms with Gasteiger partial charge >= 0.3 is 5.97 Å². The molecule has 0 saturated heterocycles. The summed E-state index contributed by atoms with van der Waals surface area (Å²) in [5, 5.41) is 19.5. The zero-order valence-electron chi connectivity index (χ0n) is 16.8. The summed E-state index contributed by atoms with van der Waals surface area (Å²) in [6.07, 6.45) is 2.09. The first-order chi connectivity index (χ1) is 15.4. The maximum atomic E-state index is 13.5. The monoisotopic (exact) mass is 455 g/mol. The third-order valence-corrected chi connectivity index (χ3v) is 5.13. The van der Waals surface area contributed by atoms with Crippen molar-refractivity contribution in [3.63, 3.8) is 0 Å². The van der Waals surface area contributed by atoms with Crippen LogP contribution in [0.2, 0.25) is 5.02 Å². The maximum absolute atomic E-state index is 13.5. The molecule has 8 nitrogen and oxygen atoms in total. The molecule has 1 amide bonds. The summed E-state index contributed by atoms with van der Waals surface area (Å²) in [7, 11) is 0. The molecule has 1 atom stereocenters. The van der Waals surface area contributed by atoms with Gasteiger partial charge in [-0.15, -0.1) is 5.10 Å². The molecule has 164 valence electrons. The number of carboxylic acid groups (broad SMARTS) is 1. The summed E-state index contributed by atoms with van der Waals surface area (Å²) in [5.41, 5.74) is 2.41. The van der Waals surface area contributed by atoms with Crippen LogP contribution < -0.4 is 10.6 Å². The Kier molecular flexibility index (Phi) is 6.18. The van der Waals surface area contributed by atoms with Gasteiger partial charge in [0.25, 0.3) is 5.95 Å². The number of carbonyl (C=O) groups excluding carboxylic acids is 1. The normalized spacial score (nSPS) is 14.8. The maximum Gasteiger partial charge on any atom is 0.303 e. The summed E-state index contributed by atoms with van der Waals surface area (Å²) in [6, 6.07) is 12.9. The van der Waals surface area contributed by atoms with E-state index in [-0.39, 0.29) is 36.9 Å². The summed E-state index contributed by atoms with van der Waals surface area (Å²) in [5.74, 6) is -1.20. The highest BCUT2D eigenvalue weighted by Crippen LogP contribution is 2.33. The number of fused-ring (bicyclic) bond motifs is 1. The number of amides is 1. The number of hydrogen-bond acceptors (Lipinski definition) is 5. The van der Waals surface area contributed by atoms with Gasteiger partial charge in [-0.1, -0.05) is 35.9 Å². The number of hydrogen-bond donors (Lipinski definition) is 3. The summed E-state index contributed by atoms with van der Waals surface area (Å²) < 4.78 is 15.1. The quantitative estimate of drug-likeness (QED) is 0.489. The fourth-order valence-electron chi connectivity index (χ4n) is 3.33. The number of anilines is 2. The number of nitrogens with one attached hydrogen (secondary N) is 2. The minimum absolute atomic E-state index is 0.0409. The van der Waals surface area contributed by atoms with Crippen molar-refractivity contribution < 1.29 is 19.1 Å². The minimum Gasteiger partial charge on any atom is -0.481 e. The first-order valence-corrected chi connectivity index (χ1v) is 10.3. The highest BCUT2D eigenvalue weighted by molar-refractivity contribution is 6.30. The lowest BCUT2D eigenvalue weighted by Crippen LogP contribution is -2.20. The number of carboxylic acids is 1. The number of benzene rings is 2. The van der Waals surface area contributed by atoms with Gasteiger partial charge in [-0.05, 0) is 47.9 Å². The van der Waals surface area contributed by atoms with E-state index in [1.165, 1.54) is 12.1 Å². The molecule has 0 aliphatic carbocycles. The van der Waals surface area contributed by atoms with Gasteiger partial charge in [0.15, 0.2) is 0 Å². The van der Waals surface area contributed by atoms with Crippen molar-refractivity contribution in [2.24, 2.45) is 0 Å². The van der Waals surface area contributed by atoms with Crippen LogP contribution in [0.3, 0.4) is 0 Å². The zero-order valence-corrected chi connectivity index (χ0v) is 17.5. The molecule has 2 aromatic carbocycles. The largest absolute Gasteiger partial charge is 0.481 e. The average molecular weight is 456 g/mol. The van der Waals surface area contributed by atoms with Crippen LogP contribution in [0.5, 0.6) is 0 Å². The van der Waals surface area contributed by atoms with Gasteiger partial charge in [0.05, 0.1) is 0 Å². The van der Waals surface area contributed by atoms with Crippen LogP contribution in [0.1, 0.15) is 36.4 Å². The fourth-order valence-corrected chi connectivity index (χ4v) is 3.45. The molecule has 0 bridgehead atoms. The van der Waals surface area contributed by atoms with Gasteiger partial charge in [-0.25, -0.2) is 9.07 Å². The Morgan fingerprint density at radius 3 is 2.53 bits per heavy atom. The average Bonchev–Trinajstić information content (AvgIpc) is 3.16. The molecule has 1 aromatic heterocycles. The molecule has 1 aliphatic heterocycles. The molecule has 32 heavy (non-hydrogen) atoms. The third kappa shape index (κ3) is 4.94. The molecule has 0 saturated carbocycles. The van der Waals surface area contributed by atoms with Crippen molar-refractivity contribution in [3.8, 4) is 0 Å². The zero-order chi connectivity index (χ0) is 22.7. The Morgan fingerprint density at radius 2 is 1.84 bits per heavy atom. The second kappa shape index (κ2) is 9.19. The summed E-state index contributed by atoms with van der Waals surface area (Å²) in [4.78, 5) is 27.1. The van der Waals surface area contributed by atoms with E-state index in [1.54, 1.807) is 28.9 Å². The SMILES string of the molecule is O=C(O)CCCC(=O)Nc1nc2n(n1)[C@@H](c1ccc(F)cc1)C=C(c1ccc(Cl)cc1)N2. The van der Waals surface area contributed by atoms with Crippen molar-refractivity contribution in [1.29, 1.82) is 0 Å². The molecule has 10 heteroatoms. The molecule has 4 rings (SSSR count). The second-order valence-corrected chi connectivity index (χ2v) is 7.64. The van der Waals surface area contributed by atoms with Crippen LogP contribution in [0, 0.1) is 5.82 Å². The van der Waals surface area contributed by atoms with Gasteiger partial charge < -0.3 is 10.4 Å². The number of nitrogens with zero attached hydrogens (tertiary/aromatic N) is 3. The Labute approximate surface area is 187 Å². The minimum atomic E-state index is -0.958. The summed E-state index contributed by atoms with van der Waals surface area (Å²) in [6.45, 7) is 0. The fraction of sp³-hybridized carbons (Fsp3) is 0.182.